The molecule has 0 unspecified atom stereocenters. The number of nitrogens with zero attached hydrogens (tertiary/aromatic N) is 1. The molecular weight excluding hydrogens is 352 g/mol. The van der Waals surface area contributed by atoms with Gasteiger partial charge < -0.3 is 29.1 Å². The molecule has 8 nitrogen and oxygen atoms in total. The van der Waals surface area contributed by atoms with E-state index in [1.165, 1.54) is 13.3 Å². The highest BCUT2D eigenvalue weighted by molar-refractivity contribution is 5.93. The Morgan fingerprint density at radius 2 is 1.67 bits per heavy atom. The molecule has 1 N–H and O–H groups in total. The van der Waals surface area contributed by atoms with E-state index in [4.69, 9.17) is 23.8 Å². The maximum absolute atomic E-state index is 12.0. The summed E-state index contributed by atoms with van der Waals surface area (Å²) >= 11 is 0. The molecule has 0 saturated carbocycles. The first-order valence-electron chi connectivity index (χ1n) is 8.00. The smallest absolute Gasteiger partial charge is 0.265 e. The normalized spacial score (nSPS) is 10.4. The Labute approximate surface area is 157 Å². The average Bonchev–Trinajstić information content (AvgIpc) is 2.71. The Bertz CT molecular complexity index is 807. The van der Waals surface area contributed by atoms with Crippen LogP contribution < -0.4 is 24.3 Å². The summed E-state index contributed by atoms with van der Waals surface area (Å²) in [5, 5.41) is 6.48. The van der Waals surface area contributed by atoms with Crippen LogP contribution in [0.5, 0.6) is 23.0 Å². The van der Waals surface area contributed by atoms with E-state index in [0.717, 1.165) is 5.56 Å². The van der Waals surface area contributed by atoms with Gasteiger partial charge in [0.15, 0.2) is 18.1 Å². The summed E-state index contributed by atoms with van der Waals surface area (Å²) in [6.45, 7) is -0.251. The summed E-state index contributed by atoms with van der Waals surface area (Å²) in [6.07, 6.45) is 1.48. The lowest BCUT2D eigenvalue weighted by Crippen LogP contribution is -2.17. The van der Waals surface area contributed by atoms with E-state index in [1.807, 2.05) is 0 Å². The third kappa shape index (κ3) is 5.53. The lowest BCUT2D eigenvalue weighted by molar-refractivity contribution is -0.120. The summed E-state index contributed by atoms with van der Waals surface area (Å²) in [6, 6.07) is 10.4. The number of carbonyl (C=O) groups excluding carboxylic acids is 1. The van der Waals surface area contributed by atoms with Gasteiger partial charge in [0.1, 0.15) is 11.5 Å². The van der Waals surface area contributed by atoms with Crippen LogP contribution in [-0.4, -0.2) is 47.2 Å². The zero-order chi connectivity index (χ0) is 19.6. The molecular formula is C19H22N2O6. The summed E-state index contributed by atoms with van der Waals surface area (Å²) < 4.78 is 20.7. The van der Waals surface area contributed by atoms with Crippen molar-refractivity contribution in [2.75, 3.05) is 40.4 Å². The van der Waals surface area contributed by atoms with Crippen molar-refractivity contribution in [1.82, 2.24) is 0 Å². The number of anilines is 1. The molecule has 2 rings (SSSR count). The monoisotopic (exact) mass is 374 g/mol. The van der Waals surface area contributed by atoms with Crippen LogP contribution in [0.1, 0.15) is 5.56 Å². The molecule has 0 saturated heterocycles. The van der Waals surface area contributed by atoms with Crippen LogP contribution in [0.2, 0.25) is 0 Å². The molecule has 2 aromatic rings. The Morgan fingerprint density at radius 1 is 0.926 bits per heavy atom. The first-order chi connectivity index (χ1) is 13.1. The van der Waals surface area contributed by atoms with E-state index < -0.39 is 0 Å². The molecule has 0 fully saturated rings. The Morgan fingerprint density at radius 3 is 2.33 bits per heavy atom. The van der Waals surface area contributed by atoms with Gasteiger partial charge in [0, 0.05) is 11.6 Å². The first-order valence-corrected chi connectivity index (χ1v) is 8.00. The van der Waals surface area contributed by atoms with Gasteiger partial charge >= 0.3 is 0 Å². The predicted octanol–water partition coefficient (Wildman–Crippen LogP) is 2.71. The summed E-state index contributed by atoms with van der Waals surface area (Å²) in [5.74, 6) is 1.93. The van der Waals surface area contributed by atoms with Crippen molar-refractivity contribution >= 4 is 17.8 Å². The second-order valence-corrected chi connectivity index (χ2v) is 5.24. The van der Waals surface area contributed by atoms with Crippen molar-refractivity contribution < 1.29 is 28.6 Å². The number of nitrogens with one attached hydrogen (secondary N) is 1. The Hall–Kier alpha value is -3.42. The molecule has 0 aliphatic carbocycles. The van der Waals surface area contributed by atoms with Crippen molar-refractivity contribution in [3.63, 3.8) is 0 Å². The van der Waals surface area contributed by atoms with Gasteiger partial charge in [-0.2, -0.15) is 0 Å². The van der Waals surface area contributed by atoms with Crippen molar-refractivity contribution in [2.45, 2.75) is 0 Å². The highest BCUT2D eigenvalue weighted by atomic mass is 16.6. The van der Waals surface area contributed by atoms with Crippen LogP contribution in [0.4, 0.5) is 5.69 Å². The minimum atomic E-state index is -0.372. The van der Waals surface area contributed by atoms with Crippen LogP contribution in [0.25, 0.3) is 0 Å². The van der Waals surface area contributed by atoms with Crippen molar-refractivity contribution in [3.8, 4) is 23.0 Å². The van der Waals surface area contributed by atoms with Crippen LogP contribution in [0, 0.1) is 0 Å². The molecule has 0 spiro atoms. The molecule has 0 heterocycles. The first kappa shape index (κ1) is 19.9. The van der Waals surface area contributed by atoms with Gasteiger partial charge in [0.25, 0.3) is 5.91 Å². The quantitative estimate of drug-likeness (QED) is 0.536. The lowest BCUT2D eigenvalue weighted by atomic mass is 10.2. The number of benzene rings is 2. The lowest BCUT2D eigenvalue weighted by Gasteiger charge is -2.11. The van der Waals surface area contributed by atoms with Crippen LogP contribution in [-0.2, 0) is 9.63 Å². The van der Waals surface area contributed by atoms with Crippen LogP contribution >= 0.6 is 0 Å². The van der Waals surface area contributed by atoms with Gasteiger partial charge in [0.2, 0.25) is 0 Å². The van der Waals surface area contributed by atoms with E-state index in [-0.39, 0.29) is 12.5 Å². The molecule has 0 radical (unpaired) electrons. The largest absolute Gasteiger partial charge is 0.497 e. The highest BCUT2D eigenvalue weighted by Gasteiger charge is 2.09. The molecule has 8 heteroatoms. The third-order valence-corrected chi connectivity index (χ3v) is 3.56. The number of hydrogen-bond donors (Lipinski definition) is 1. The van der Waals surface area contributed by atoms with E-state index in [0.29, 0.717) is 28.7 Å². The van der Waals surface area contributed by atoms with Gasteiger partial charge in [-0.3, -0.25) is 4.79 Å². The maximum atomic E-state index is 12.0. The molecule has 0 aromatic heterocycles. The van der Waals surface area contributed by atoms with Gasteiger partial charge in [-0.15, -0.1) is 0 Å². The topological polar surface area (TPSA) is 87.6 Å². The number of ether oxygens (including phenoxy) is 4. The average molecular weight is 374 g/mol. The third-order valence-electron chi connectivity index (χ3n) is 3.56. The van der Waals surface area contributed by atoms with Crippen molar-refractivity contribution in [2.24, 2.45) is 5.16 Å². The number of hydrogen-bond acceptors (Lipinski definition) is 7. The second kappa shape index (κ2) is 9.91. The van der Waals surface area contributed by atoms with E-state index in [9.17, 15) is 4.79 Å². The van der Waals surface area contributed by atoms with E-state index in [2.05, 4.69) is 10.5 Å². The molecule has 0 atom stereocenters. The SMILES string of the molecule is COc1ccc(NC(=O)CO/N=C\c2ccc(OC)c(OC)c2)c(OC)c1. The summed E-state index contributed by atoms with van der Waals surface area (Å²) in [4.78, 5) is 17.0. The zero-order valence-electron chi connectivity index (χ0n) is 15.6. The Balaban J connectivity index is 1.90. The molecule has 0 bridgehead atoms. The van der Waals surface area contributed by atoms with Gasteiger partial charge in [-0.1, -0.05) is 5.16 Å². The summed E-state index contributed by atoms with van der Waals surface area (Å²) in [7, 11) is 6.17. The Kier molecular flexibility index (Phi) is 7.30. The molecule has 2 aromatic carbocycles. The molecule has 1 amide bonds. The highest BCUT2D eigenvalue weighted by Crippen LogP contribution is 2.29. The summed E-state index contributed by atoms with van der Waals surface area (Å²) in [5.41, 5.74) is 1.25. The van der Waals surface area contributed by atoms with Gasteiger partial charge in [-0.05, 0) is 30.3 Å². The molecule has 0 aliphatic rings. The fraction of sp³-hybridized carbons (Fsp3) is 0.263. The molecule has 0 aliphatic heterocycles. The van der Waals surface area contributed by atoms with E-state index >= 15 is 0 Å². The standard InChI is InChI=1S/C19H22N2O6/c1-23-14-6-7-15(17(10-14)25-3)21-19(22)12-27-20-11-13-5-8-16(24-2)18(9-13)26-4/h5-11H,12H2,1-4H3,(H,21,22)/b20-11-. The molecule has 144 valence electrons. The number of methoxy groups -OCH3 is 4. The minimum Gasteiger partial charge on any atom is -0.497 e. The maximum Gasteiger partial charge on any atom is 0.265 e. The van der Waals surface area contributed by atoms with E-state index in [1.54, 1.807) is 57.7 Å². The second-order valence-electron chi connectivity index (χ2n) is 5.24. The zero-order valence-corrected chi connectivity index (χ0v) is 15.6. The number of amides is 1. The van der Waals surface area contributed by atoms with Crippen LogP contribution in [0.15, 0.2) is 41.6 Å². The number of carbonyl (C=O) groups is 1. The fourth-order valence-corrected chi connectivity index (χ4v) is 2.22. The molecule has 27 heavy (non-hydrogen) atoms. The number of rotatable bonds is 9. The number of oxime groups is 1. The van der Waals surface area contributed by atoms with Crippen molar-refractivity contribution in [1.29, 1.82) is 0 Å². The van der Waals surface area contributed by atoms with Gasteiger partial charge in [0.05, 0.1) is 40.3 Å². The van der Waals surface area contributed by atoms with Crippen LogP contribution in [0.3, 0.4) is 0 Å². The predicted molar refractivity (Wildman–Crippen MR) is 101 cm³/mol. The minimum absolute atomic E-state index is 0.251. The fourth-order valence-electron chi connectivity index (χ4n) is 2.22. The van der Waals surface area contributed by atoms with Crippen molar-refractivity contribution in [3.05, 3.63) is 42.0 Å². The van der Waals surface area contributed by atoms with Gasteiger partial charge in [-0.25, -0.2) is 0 Å².